The van der Waals surface area contributed by atoms with E-state index in [0.717, 1.165) is 0 Å². The molecule has 0 saturated heterocycles. The van der Waals surface area contributed by atoms with E-state index < -0.39 is 22.9 Å². The molecule has 0 spiro atoms. The molecule has 0 fully saturated rings. The minimum absolute atomic E-state index is 0.133. The van der Waals surface area contributed by atoms with Crippen LogP contribution in [0.3, 0.4) is 0 Å². The largest absolute Gasteiger partial charge is 0.481 e. The average molecular weight is 434 g/mol. The molecule has 0 aliphatic heterocycles. The minimum Gasteiger partial charge on any atom is -0.481 e. The Balaban J connectivity index is 1.77. The number of carboxylic acid groups (broad SMARTS) is 1. The lowest BCUT2D eigenvalue weighted by atomic mass is 9.68. The molecular weight excluding hydrogens is 410 g/mol. The number of carboxylic acids is 1. The van der Waals surface area contributed by atoms with Gasteiger partial charge in [0, 0.05) is 30.9 Å². The smallest absolute Gasteiger partial charge is 0.313 e. The van der Waals surface area contributed by atoms with Crippen LogP contribution in [0, 0.1) is 11.2 Å². The molecule has 0 bridgehead atoms. The van der Waals surface area contributed by atoms with Crippen molar-refractivity contribution in [2.75, 3.05) is 0 Å². The molecule has 1 aromatic heterocycles. The van der Waals surface area contributed by atoms with E-state index >= 15 is 4.39 Å². The first kappa shape index (κ1) is 21.7. The predicted octanol–water partition coefficient (Wildman–Crippen LogP) is 5.78. The Kier molecular flexibility index (Phi) is 5.78. The molecule has 6 heteroatoms. The molecular formula is C26H24F2N2O2. The fraction of sp³-hybridized carbons (Fsp3) is 0.231. The third-order valence-corrected chi connectivity index (χ3v) is 6.31. The van der Waals surface area contributed by atoms with E-state index in [4.69, 9.17) is 0 Å². The van der Waals surface area contributed by atoms with Crippen molar-refractivity contribution >= 4 is 11.5 Å². The number of aromatic nitrogens is 2. The first-order chi connectivity index (χ1) is 15.3. The number of rotatable bonds is 7. The quantitative estimate of drug-likeness (QED) is 0.513. The number of carbonyl (C=O) groups is 1. The molecule has 1 N–H and O–H groups in total. The second-order valence-corrected chi connectivity index (χ2v) is 8.31. The fourth-order valence-corrected chi connectivity index (χ4v) is 4.20. The lowest BCUT2D eigenvalue weighted by molar-refractivity contribution is -0.146. The van der Waals surface area contributed by atoms with Gasteiger partial charge in [0.25, 0.3) is 0 Å². The summed E-state index contributed by atoms with van der Waals surface area (Å²) in [6, 6.07) is 14.5. The normalized spacial score (nSPS) is 20.2. The molecule has 4 rings (SSSR count). The van der Waals surface area contributed by atoms with E-state index in [-0.39, 0.29) is 12.8 Å². The molecule has 0 saturated carbocycles. The van der Waals surface area contributed by atoms with Crippen molar-refractivity contribution in [1.82, 2.24) is 9.55 Å². The Bertz CT molecular complexity index is 1150. The number of aliphatic carboxylic acids is 1. The zero-order chi connectivity index (χ0) is 22.8. The standard InChI is InChI=1S/C26H24F2N2O2/c1-25(24(31)32,13-15-30-16-14-29-18-30)21-9-12-23(19-5-3-2-4-6-19)26(28,17-21)20-7-10-22(27)11-8-20/h2-12,14,16,18H,13,15,17H2,1H3,(H,31,32). The number of halogens is 2. The first-order valence-corrected chi connectivity index (χ1v) is 10.4. The zero-order valence-electron chi connectivity index (χ0n) is 17.7. The van der Waals surface area contributed by atoms with Crippen molar-refractivity contribution in [3.8, 4) is 0 Å². The fourth-order valence-electron chi connectivity index (χ4n) is 4.20. The van der Waals surface area contributed by atoms with Gasteiger partial charge in [0.15, 0.2) is 5.67 Å². The number of nitrogens with zero attached hydrogens (tertiary/aromatic N) is 2. The van der Waals surface area contributed by atoms with Gasteiger partial charge >= 0.3 is 5.97 Å². The molecule has 2 aromatic carbocycles. The van der Waals surface area contributed by atoms with Crippen LogP contribution >= 0.6 is 0 Å². The Hall–Kier alpha value is -3.54. The van der Waals surface area contributed by atoms with Gasteiger partial charge in [0.05, 0.1) is 11.7 Å². The van der Waals surface area contributed by atoms with Crippen molar-refractivity contribution in [2.45, 2.75) is 32.0 Å². The summed E-state index contributed by atoms with van der Waals surface area (Å²) in [6.07, 6.45) is 8.56. The van der Waals surface area contributed by atoms with Gasteiger partial charge < -0.3 is 9.67 Å². The third-order valence-electron chi connectivity index (χ3n) is 6.31. The van der Waals surface area contributed by atoms with E-state index in [0.29, 0.717) is 28.8 Å². The summed E-state index contributed by atoms with van der Waals surface area (Å²) in [5, 5.41) is 10.1. The first-order valence-electron chi connectivity index (χ1n) is 10.4. The summed E-state index contributed by atoms with van der Waals surface area (Å²) < 4.78 is 32.3. The Morgan fingerprint density at radius 3 is 2.50 bits per heavy atom. The van der Waals surface area contributed by atoms with Crippen LogP contribution < -0.4 is 0 Å². The molecule has 32 heavy (non-hydrogen) atoms. The van der Waals surface area contributed by atoms with Crippen molar-refractivity contribution in [3.63, 3.8) is 0 Å². The maximum Gasteiger partial charge on any atom is 0.313 e. The Morgan fingerprint density at radius 2 is 1.88 bits per heavy atom. The van der Waals surface area contributed by atoms with Crippen LogP contribution in [-0.4, -0.2) is 20.6 Å². The third kappa shape index (κ3) is 4.00. The maximum atomic E-state index is 16.9. The highest BCUT2D eigenvalue weighted by atomic mass is 19.1. The van der Waals surface area contributed by atoms with Crippen molar-refractivity contribution in [2.24, 2.45) is 5.41 Å². The monoisotopic (exact) mass is 434 g/mol. The van der Waals surface area contributed by atoms with Gasteiger partial charge in [-0.1, -0.05) is 54.6 Å². The SMILES string of the molecule is CC(CCn1ccnc1)(C(=O)O)C1=CC=C(c2ccccc2)C(F)(c2ccc(F)cc2)C1. The van der Waals surface area contributed by atoms with Gasteiger partial charge in [-0.3, -0.25) is 4.79 Å². The molecule has 1 aliphatic rings. The van der Waals surface area contributed by atoms with E-state index in [1.165, 1.54) is 24.3 Å². The van der Waals surface area contributed by atoms with E-state index in [1.807, 2.05) is 30.3 Å². The molecule has 2 atom stereocenters. The summed E-state index contributed by atoms with van der Waals surface area (Å²) in [5.41, 5.74) is -1.37. The van der Waals surface area contributed by atoms with Crippen LogP contribution in [0.15, 0.2) is 91.0 Å². The van der Waals surface area contributed by atoms with E-state index in [1.54, 1.807) is 42.4 Å². The summed E-state index contributed by atoms with van der Waals surface area (Å²) in [7, 11) is 0. The Labute approximate surface area is 185 Å². The summed E-state index contributed by atoms with van der Waals surface area (Å²) in [4.78, 5) is 16.4. The minimum atomic E-state index is -2.00. The summed E-state index contributed by atoms with van der Waals surface area (Å²) >= 11 is 0. The molecule has 0 amide bonds. The topological polar surface area (TPSA) is 55.1 Å². The number of allylic oxidation sites excluding steroid dienone is 3. The van der Waals surface area contributed by atoms with Gasteiger partial charge in [-0.05, 0) is 42.2 Å². The second kappa shape index (κ2) is 8.54. The van der Waals surface area contributed by atoms with E-state index in [2.05, 4.69) is 4.98 Å². The number of benzene rings is 2. The lowest BCUT2D eigenvalue weighted by Crippen LogP contribution is -2.36. The highest BCUT2D eigenvalue weighted by Gasteiger charge is 2.46. The molecule has 1 heterocycles. The van der Waals surface area contributed by atoms with Crippen molar-refractivity contribution in [3.05, 3.63) is 108 Å². The van der Waals surface area contributed by atoms with Crippen LogP contribution in [0.5, 0.6) is 0 Å². The zero-order valence-corrected chi connectivity index (χ0v) is 17.7. The van der Waals surface area contributed by atoms with Gasteiger partial charge in [0.2, 0.25) is 0 Å². The molecule has 2 unspecified atom stereocenters. The van der Waals surface area contributed by atoms with Crippen LogP contribution in [0.4, 0.5) is 8.78 Å². The van der Waals surface area contributed by atoms with Gasteiger partial charge in [0.1, 0.15) is 5.82 Å². The molecule has 164 valence electrons. The highest BCUT2D eigenvalue weighted by Crippen LogP contribution is 2.51. The number of imidazole rings is 1. The van der Waals surface area contributed by atoms with Crippen molar-refractivity contribution < 1.29 is 18.7 Å². The van der Waals surface area contributed by atoms with Gasteiger partial charge in [-0.15, -0.1) is 0 Å². The van der Waals surface area contributed by atoms with E-state index in [9.17, 15) is 14.3 Å². The van der Waals surface area contributed by atoms with Crippen molar-refractivity contribution in [1.29, 1.82) is 0 Å². The predicted molar refractivity (Wildman–Crippen MR) is 119 cm³/mol. The summed E-state index contributed by atoms with van der Waals surface area (Å²) in [6.45, 7) is 2.07. The van der Waals surface area contributed by atoms with Gasteiger partial charge in [-0.25, -0.2) is 13.8 Å². The molecule has 1 aliphatic carbocycles. The van der Waals surface area contributed by atoms with Gasteiger partial charge in [-0.2, -0.15) is 0 Å². The number of hydrogen-bond acceptors (Lipinski definition) is 2. The second-order valence-electron chi connectivity index (χ2n) is 8.31. The average Bonchev–Trinajstić information content (AvgIpc) is 3.32. The number of hydrogen-bond donors (Lipinski definition) is 1. The van der Waals surface area contributed by atoms with Crippen LogP contribution in [0.1, 0.15) is 30.9 Å². The highest BCUT2D eigenvalue weighted by molar-refractivity contribution is 5.82. The lowest BCUT2D eigenvalue weighted by Gasteiger charge is -2.38. The van der Waals surface area contributed by atoms with Crippen LogP contribution in [0.2, 0.25) is 0 Å². The molecule has 0 radical (unpaired) electrons. The summed E-state index contributed by atoms with van der Waals surface area (Å²) in [5.74, 6) is -1.47. The van der Waals surface area contributed by atoms with Crippen LogP contribution in [0.25, 0.3) is 5.57 Å². The maximum absolute atomic E-state index is 16.9. The Morgan fingerprint density at radius 1 is 1.16 bits per heavy atom. The number of alkyl halides is 1. The number of aryl methyl sites for hydroxylation is 1. The van der Waals surface area contributed by atoms with Crippen LogP contribution in [-0.2, 0) is 17.0 Å². The molecule has 3 aromatic rings. The molecule has 4 nitrogen and oxygen atoms in total.